The third kappa shape index (κ3) is 2.39. The Balaban J connectivity index is 1.83. The van der Waals surface area contributed by atoms with Crippen molar-refractivity contribution >= 4 is 17.6 Å². The minimum atomic E-state index is -0.783. The fourth-order valence-electron chi connectivity index (χ4n) is 8.24. The van der Waals surface area contributed by atoms with E-state index >= 15 is 0 Å². The minimum Gasteiger partial charge on any atom is -0.462 e. The zero-order valence-corrected chi connectivity index (χ0v) is 18.1. The average Bonchev–Trinajstić information content (AvgIpc) is 2.73. The summed E-state index contributed by atoms with van der Waals surface area (Å²) in [6.07, 6.45) is 3.67. The number of hydrogen-bond acceptors (Lipinski definition) is 4. The van der Waals surface area contributed by atoms with Crippen molar-refractivity contribution in [2.45, 2.75) is 96.8 Å². The number of fused-ring (bicyclic) bond motifs is 3. The second-order valence-electron chi connectivity index (χ2n) is 11.1. The molecular weight excluding hydrogens is 364 g/mol. The predicted octanol–water partition coefficient (Wildman–Crippen LogP) is 3.90. The number of alkyl halides is 1. The number of rotatable bonds is 1. The van der Waals surface area contributed by atoms with E-state index in [1.165, 1.54) is 6.92 Å². The number of carbonyl (C=O) groups is 1. The molecule has 2 bridgehead atoms. The molecule has 0 aromatic carbocycles. The largest absolute Gasteiger partial charge is 0.462 e. The molecule has 4 aliphatic carbocycles. The van der Waals surface area contributed by atoms with Gasteiger partial charge in [-0.05, 0) is 55.8 Å². The van der Waals surface area contributed by atoms with Crippen molar-refractivity contribution in [3.63, 3.8) is 0 Å². The number of hydrogen-bond donors (Lipinski definition) is 2. The van der Waals surface area contributed by atoms with E-state index in [-0.39, 0.29) is 39.6 Å². The highest BCUT2D eigenvalue weighted by Gasteiger charge is 2.74. The van der Waals surface area contributed by atoms with Crippen LogP contribution in [-0.2, 0) is 9.53 Å². The Morgan fingerprint density at radius 1 is 1.04 bits per heavy atom. The molecule has 4 nitrogen and oxygen atoms in total. The first kappa shape index (κ1) is 20.0. The lowest BCUT2D eigenvalue weighted by Gasteiger charge is -2.66. The fourth-order valence-corrected chi connectivity index (χ4v) is 8.62. The number of carbonyl (C=O) groups excluding carboxylic acids is 1. The van der Waals surface area contributed by atoms with Crippen LogP contribution in [0.5, 0.6) is 0 Å². The maximum absolute atomic E-state index is 11.9. The van der Waals surface area contributed by atoms with E-state index in [0.29, 0.717) is 5.92 Å². The first-order valence-corrected chi connectivity index (χ1v) is 11.0. The quantitative estimate of drug-likeness (QED) is 0.519. The monoisotopic (exact) mass is 398 g/mol. The highest BCUT2D eigenvalue weighted by molar-refractivity contribution is 6.21. The predicted molar refractivity (Wildman–Crippen MR) is 104 cm³/mol. The van der Waals surface area contributed by atoms with Crippen LogP contribution in [0.3, 0.4) is 0 Å². The summed E-state index contributed by atoms with van der Waals surface area (Å²) in [6.45, 7) is 10.5. The summed E-state index contributed by atoms with van der Waals surface area (Å²) in [7, 11) is 0. The lowest BCUT2D eigenvalue weighted by Crippen LogP contribution is -2.64. The van der Waals surface area contributed by atoms with Gasteiger partial charge < -0.3 is 14.9 Å². The molecule has 2 N–H and O–H groups in total. The Kier molecular flexibility index (Phi) is 4.33. The van der Waals surface area contributed by atoms with Gasteiger partial charge in [-0.3, -0.25) is 4.79 Å². The minimum absolute atomic E-state index is 0.145. The lowest BCUT2D eigenvalue weighted by molar-refractivity contribution is -0.227. The van der Waals surface area contributed by atoms with E-state index in [1.54, 1.807) is 0 Å². The Morgan fingerprint density at radius 3 is 2.33 bits per heavy atom. The standard InChI is InChI=1S/C22H35ClO4/c1-12(24)27-16-7-8-19(2,3)13-6-9-22-11-20(4,17(25)18(22)26)15(23)10-14(22)21(13,16)5/h13-18,25-26H,6-11H2,1-5H3/t13-,14+,15-,16+,17-,18-,20-,21-,22+/m1/s1. The van der Waals surface area contributed by atoms with Crippen molar-refractivity contribution in [3.05, 3.63) is 0 Å². The van der Waals surface area contributed by atoms with Crippen molar-refractivity contribution in [3.8, 4) is 0 Å². The Bertz CT molecular complexity index is 650. The van der Waals surface area contributed by atoms with Gasteiger partial charge in [0.15, 0.2) is 0 Å². The Labute approximate surface area is 168 Å². The Morgan fingerprint density at radius 2 is 1.70 bits per heavy atom. The highest BCUT2D eigenvalue weighted by atomic mass is 35.5. The maximum atomic E-state index is 11.9. The van der Waals surface area contributed by atoms with E-state index in [2.05, 4.69) is 20.8 Å². The first-order valence-electron chi connectivity index (χ1n) is 10.6. The molecule has 4 aliphatic rings. The molecule has 0 aromatic rings. The molecule has 0 radical (unpaired) electrons. The zero-order valence-electron chi connectivity index (χ0n) is 17.3. The average molecular weight is 399 g/mol. The van der Waals surface area contributed by atoms with Gasteiger partial charge >= 0.3 is 5.97 Å². The number of ether oxygens (including phenoxy) is 1. The van der Waals surface area contributed by atoms with Crippen LogP contribution in [0.15, 0.2) is 0 Å². The van der Waals surface area contributed by atoms with Crippen molar-refractivity contribution in [2.24, 2.45) is 33.5 Å². The number of halogens is 1. The van der Waals surface area contributed by atoms with E-state index in [9.17, 15) is 15.0 Å². The summed E-state index contributed by atoms with van der Waals surface area (Å²) >= 11 is 6.87. The molecular formula is C22H35ClO4. The van der Waals surface area contributed by atoms with Crippen LogP contribution in [0.25, 0.3) is 0 Å². The molecule has 154 valence electrons. The van der Waals surface area contributed by atoms with Gasteiger partial charge in [0.25, 0.3) is 0 Å². The third-order valence-corrected chi connectivity index (χ3v) is 10.2. The van der Waals surface area contributed by atoms with Gasteiger partial charge in [-0.25, -0.2) is 0 Å². The molecule has 27 heavy (non-hydrogen) atoms. The summed E-state index contributed by atoms with van der Waals surface area (Å²) in [5, 5.41) is 21.9. The summed E-state index contributed by atoms with van der Waals surface area (Å²) in [6, 6.07) is 0. The van der Waals surface area contributed by atoms with Gasteiger partial charge in [0, 0.05) is 28.5 Å². The molecule has 0 heterocycles. The third-order valence-electron chi connectivity index (χ3n) is 9.52. The van der Waals surface area contributed by atoms with Crippen molar-refractivity contribution in [1.82, 2.24) is 0 Å². The SMILES string of the molecule is CC(=O)O[C@H]1CCC(C)(C)[C@H]2CC[C@]34C[C@](C)([C@H](Cl)C[C@H]3[C@]12C)[C@H](O)[C@H]4O. The zero-order chi connectivity index (χ0) is 20.0. The van der Waals surface area contributed by atoms with Crippen molar-refractivity contribution < 1.29 is 19.7 Å². The molecule has 4 saturated carbocycles. The fraction of sp³-hybridized carbons (Fsp3) is 0.955. The lowest BCUT2D eigenvalue weighted by atomic mass is 9.39. The van der Waals surface area contributed by atoms with Crippen LogP contribution in [0.1, 0.15) is 73.1 Å². The van der Waals surface area contributed by atoms with Gasteiger partial charge in [-0.2, -0.15) is 0 Å². The molecule has 0 saturated heterocycles. The van der Waals surface area contributed by atoms with Crippen LogP contribution in [0.4, 0.5) is 0 Å². The summed E-state index contributed by atoms with van der Waals surface area (Å²) in [5.74, 6) is 0.335. The molecule has 4 fully saturated rings. The second-order valence-corrected chi connectivity index (χ2v) is 11.7. The summed E-state index contributed by atoms with van der Waals surface area (Å²) < 4.78 is 5.91. The number of esters is 1. The molecule has 0 aliphatic heterocycles. The van der Waals surface area contributed by atoms with Gasteiger partial charge in [0.2, 0.25) is 0 Å². The second kappa shape index (κ2) is 5.86. The van der Waals surface area contributed by atoms with Gasteiger partial charge in [-0.15, -0.1) is 11.6 Å². The topological polar surface area (TPSA) is 66.8 Å². The van der Waals surface area contributed by atoms with Crippen LogP contribution in [0.2, 0.25) is 0 Å². The van der Waals surface area contributed by atoms with Crippen molar-refractivity contribution in [1.29, 1.82) is 0 Å². The van der Waals surface area contributed by atoms with E-state index < -0.39 is 17.6 Å². The van der Waals surface area contributed by atoms with Gasteiger partial charge in [-0.1, -0.05) is 27.7 Å². The van der Waals surface area contributed by atoms with Crippen LogP contribution in [0, 0.1) is 33.5 Å². The first-order chi connectivity index (χ1) is 12.4. The summed E-state index contributed by atoms with van der Waals surface area (Å²) in [4.78, 5) is 11.9. The molecule has 0 amide bonds. The normalized spacial score (nSPS) is 56.1. The van der Waals surface area contributed by atoms with Gasteiger partial charge in [0.1, 0.15) is 6.10 Å². The maximum Gasteiger partial charge on any atom is 0.302 e. The van der Waals surface area contributed by atoms with Gasteiger partial charge in [0.05, 0.1) is 12.2 Å². The molecule has 1 spiro atoms. The van der Waals surface area contributed by atoms with Crippen LogP contribution in [-0.4, -0.2) is 39.9 Å². The van der Waals surface area contributed by atoms with Crippen molar-refractivity contribution in [2.75, 3.05) is 0 Å². The molecule has 5 heteroatoms. The molecule has 9 atom stereocenters. The number of aliphatic hydroxyl groups is 2. The van der Waals surface area contributed by atoms with Crippen LogP contribution < -0.4 is 0 Å². The van der Waals surface area contributed by atoms with E-state index in [1.807, 2.05) is 6.92 Å². The molecule has 4 rings (SSSR count). The van der Waals surface area contributed by atoms with E-state index in [0.717, 1.165) is 38.5 Å². The Hall–Kier alpha value is -0.320. The molecule has 0 unspecified atom stereocenters. The smallest absolute Gasteiger partial charge is 0.302 e. The number of aliphatic hydroxyl groups excluding tert-OH is 2. The molecule has 0 aromatic heterocycles. The van der Waals surface area contributed by atoms with E-state index in [4.69, 9.17) is 16.3 Å². The van der Waals surface area contributed by atoms with Crippen LogP contribution >= 0.6 is 11.6 Å². The summed E-state index contributed by atoms with van der Waals surface area (Å²) in [5.41, 5.74) is -0.832. The highest BCUT2D eigenvalue weighted by Crippen LogP contribution is 2.74.